The van der Waals surface area contributed by atoms with E-state index in [1.165, 1.54) is 18.3 Å². The fourth-order valence-corrected chi connectivity index (χ4v) is 2.55. The first-order chi connectivity index (χ1) is 5.93. The second kappa shape index (κ2) is 4.02. The van der Waals surface area contributed by atoms with Crippen molar-refractivity contribution in [2.45, 2.75) is 25.3 Å². The highest BCUT2D eigenvalue weighted by Gasteiger charge is 2.31. The molecule has 1 aromatic heterocycles. The van der Waals surface area contributed by atoms with Crippen molar-refractivity contribution in [3.05, 3.63) is 20.8 Å². The van der Waals surface area contributed by atoms with Crippen molar-refractivity contribution in [3.8, 4) is 0 Å². The van der Waals surface area contributed by atoms with Crippen LogP contribution in [-0.4, -0.2) is 12.0 Å². The average Bonchev–Trinajstić information content (AvgIpc) is 2.35. The third-order valence-corrected chi connectivity index (χ3v) is 3.66. The molecule has 0 saturated carbocycles. The predicted molar refractivity (Wildman–Crippen MR) is 54.3 cm³/mol. The molecule has 0 aromatic carbocycles. The highest BCUT2D eigenvalue weighted by Crippen LogP contribution is 2.28. The fourth-order valence-electron chi connectivity index (χ4n) is 0.874. The molecule has 0 amide bonds. The molecule has 5 heteroatoms. The molecule has 0 bridgehead atoms. The summed E-state index contributed by atoms with van der Waals surface area (Å²) in [5, 5.41) is 1.85. The molecule has 1 atom stereocenters. The number of thiophene rings is 1. The largest absolute Gasteiger partial charge is 0.320 e. The van der Waals surface area contributed by atoms with Crippen LogP contribution in [0.5, 0.6) is 0 Å². The lowest BCUT2D eigenvalue weighted by atomic mass is 9.99. The molecule has 1 heterocycles. The van der Waals surface area contributed by atoms with E-state index in [0.717, 1.165) is 9.35 Å². The number of halogens is 3. The lowest BCUT2D eigenvalue weighted by molar-refractivity contribution is 0.0643. The van der Waals surface area contributed by atoms with Crippen LogP contribution >= 0.6 is 27.3 Å². The average molecular weight is 270 g/mol. The van der Waals surface area contributed by atoms with Crippen molar-refractivity contribution < 1.29 is 8.78 Å². The molecule has 0 saturated heterocycles. The Bertz CT molecular complexity index is 285. The summed E-state index contributed by atoms with van der Waals surface area (Å²) in [6.07, 6.45) is -2.30. The van der Waals surface area contributed by atoms with Gasteiger partial charge in [-0.1, -0.05) is 0 Å². The summed E-state index contributed by atoms with van der Waals surface area (Å²) in [5.41, 5.74) is 4.02. The standard InChI is InChI=1S/C8H10BrF2NS/c1-8(12,7(10)11)4-6-5(9)2-3-13-6/h2-3,7H,4,12H2,1H3. The van der Waals surface area contributed by atoms with Crippen LogP contribution < -0.4 is 5.73 Å². The molecule has 0 aliphatic heterocycles. The molecule has 2 N–H and O–H groups in total. The summed E-state index contributed by atoms with van der Waals surface area (Å²) in [6, 6.07) is 1.83. The number of alkyl halides is 2. The number of rotatable bonds is 3. The van der Waals surface area contributed by atoms with E-state index in [1.807, 2.05) is 11.4 Å². The van der Waals surface area contributed by atoms with Crippen molar-refractivity contribution in [1.29, 1.82) is 0 Å². The van der Waals surface area contributed by atoms with Gasteiger partial charge in [0.1, 0.15) is 0 Å². The monoisotopic (exact) mass is 269 g/mol. The Hall–Kier alpha value is -0.0000000000000000555. The Labute approximate surface area is 88.1 Å². The maximum absolute atomic E-state index is 12.4. The van der Waals surface area contributed by atoms with Crippen LogP contribution in [-0.2, 0) is 6.42 Å². The zero-order chi connectivity index (χ0) is 10.1. The van der Waals surface area contributed by atoms with Crippen molar-refractivity contribution in [2.75, 3.05) is 0 Å². The molecular weight excluding hydrogens is 260 g/mol. The molecule has 0 aliphatic carbocycles. The van der Waals surface area contributed by atoms with E-state index in [-0.39, 0.29) is 6.42 Å². The Morgan fingerprint density at radius 1 is 1.69 bits per heavy atom. The Kier molecular flexibility index (Phi) is 3.43. The second-order valence-corrected chi connectivity index (χ2v) is 5.03. The minimum absolute atomic E-state index is 0.197. The van der Waals surface area contributed by atoms with E-state index in [0.29, 0.717) is 0 Å². The summed E-state index contributed by atoms with van der Waals surface area (Å²) in [7, 11) is 0. The fraction of sp³-hybridized carbons (Fsp3) is 0.500. The number of hydrogen-bond acceptors (Lipinski definition) is 2. The van der Waals surface area contributed by atoms with Crippen molar-refractivity contribution in [1.82, 2.24) is 0 Å². The van der Waals surface area contributed by atoms with Crippen molar-refractivity contribution in [2.24, 2.45) is 5.73 Å². The maximum atomic E-state index is 12.4. The van der Waals surface area contributed by atoms with E-state index < -0.39 is 12.0 Å². The van der Waals surface area contributed by atoms with E-state index in [4.69, 9.17) is 5.73 Å². The van der Waals surface area contributed by atoms with E-state index in [2.05, 4.69) is 15.9 Å². The molecule has 1 rings (SSSR count). The minimum Gasteiger partial charge on any atom is -0.320 e. The van der Waals surface area contributed by atoms with Gasteiger partial charge in [-0.25, -0.2) is 8.78 Å². The lowest BCUT2D eigenvalue weighted by Gasteiger charge is -2.22. The third-order valence-electron chi connectivity index (χ3n) is 1.73. The molecular formula is C8H10BrF2NS. The van der Waals surface area contributed by atoms with Gasteiger partial charge >= 0.3 is 0 Å². The summed E-state index contributed by atoms with van der Waals surface area (Å²) < 4.78 is 25.7. The SMILES string of the molecule is CC(N)(Cc1sccc1Br)C(F)F. The topological polar surface area (TPSA) is 26.0 Å². The molecule has 0 spiro atoms. The van der Waals surface area contributed by atoms with Gasteiger partial charge in [0.2, 0.25) is 0 Å². The van der Waals surface area contributed by atoms with Gasteiger partial charge in [0, 0.05) is 15.8 Å². The van der Waals surface area contributed by atoms with Crippen LogP contribution in [0.4, 0.5) is 8.78 Å². The first kappa shape index (κ1) is 11.1. The zero-order valence-corrected chi connectivity index (χ0v) is 9.46. The summed E-state index contributed by atoms with van der Waals surface area (Å²) >= 11 is 4.71. The van der Waals surface area contributed by atoms with Crippen LogP contribution in [0.15, 0.2) is 15.9 Å². The first-order valence-electron chi connectivity index (χ1n) is 3.72. The number of nitrogens with two attached hydrogens (primary N) is 1. The van der Waals surface area contributed by atoms with Gasteiger partial charge in [0.05, 0.1) is 5.54 Å². The summed E-state index contributed by atoms with van der Waals surface area (Å²) in [6.45, 7) is 1.36. The summed E-state index contributed by atoms with van der Waals surface area (Å²) in [4.78, 5) is 0.866. The van der Waals surface area contributed by atoms with Crippen molar-refractivity contribution in [3.63, 3.8) is 0 Å². The molecule has 1 unspecified atom stereocenters. The van der Waals surface area contributed by atoms with E-state index in [9.17, 15) is 8.78 Å². The van der Waals surface area contributed by atoms with Crippen LogP contribution in [0.2, 0.25) is 0 Å². The molecule has 1 aromatic rings. The van der Waals surface area contributed by atoms with Gasteiger partial charge in [0.15, 0.2) is 0 Å². The highest BCUT2D eigenvalue weighted by atomic mass is 79.9. The van der Waals surface area contributed by atoms with Crippen LogP contribution in [0, 0.1) is 0 Å². The van der Waals surface area contributed by atoms with Gasteiger partial charge < -0.3 is 5.73 Å². The molecule has 1 nitrogen and oxygen atoms in total. The van der Waals surface area contributed by atoms with E-state index >= 15 is 0 Å². The number of hydrogen-bond donors (Lipinski definition) is 1. The second-order valence-electron chi connectivity index (χ2n) is 3.18. The van der Waals surface area contributed by atoms with Crippen LogP contribution in [0.25, 0.3) is 0 Å². The van der Waals surface area contributed by atoms with Crippen LogP contribution in [0.3, 0.4) is 0 Å². The Balaban J connectivity index is 2.74. The first-order valence-corrected chi connectivity index (χ1v) is 5.39. The van der Waals surface area contributed by atoms with Crippen molar-refractivity contribution >= 4 is 27.3 Å². The molecule has 74 valence electrons. The van der Waals surface area contributed by atoms with Gasteiger partial charge in [-0.2, -0.15) is 0 Å². The Morgan fingerprint density at radius 3 is 2.69 bits per heavy atom. The molecule has 0 aliphatic rings. The van der Waals surface area contributed by atoms with Gasteiger partial charge in [-0.3, -0.25) is 0 Å². The molecule has 0 radical (unpaired) electrons. The predicted octanol–water partition coefficient (Wildman–Crippen LogP) is 3.04. The molecule has 13 heavy (non-hydrogen) atoms. The van der Waals surface area contributed by atoms with Crippen LogP contribution in [0.1, 0.15) is 11.8 Å². The third kappa shape index (κ3) is 2.72. The highest BCUT2D eigenvalue weighted by molar-refractivity contribution is 9.10. The molecule has 0 fully saturated rings. The van der Waals surface area contributed by atoms with Gasteiger partial charge in [0.25, 0.3) is 6.43 Å². The smallest absolute Gasteiger partial charge is 0.256 e. The van der Waals surface area contributed by atoms with E-state index in [1.54, 1.807) is 0 Å². The Morgan fingerprint density at radius 2 is 2.31 bits per heavy atom. The van der Waals surface area contributed by atoms with Gasteiger partial charge in [-0.15, -0.1) is 11.3 Å². The normalized spacial score (nSPS) is 16.2. The minimum atomic E-state index is -2.50. The summed E-state index contributed by atoms with van der Waals surface area (Å²) in [5.74, 6) is 0. The van der Waals surface area contributed by atoms with Gasteiger partial charge in [-0.05, 0) is 34.3 Å². The quantitative estimate of drug-likeness (QED) is 0.897. The maximum Gasteiger partial charge on any atom is 0.256 e. The lowest BCUT2D eigenvalue weighted by Crippen LogP contribution is -2.45. The zero-order valence-electron chi connectivity index (χ0n) is 7.06.